The van der Waals surface area contributed by atoms with Crippen LogP contribution in [0.2, 0.25) is 0 Å². The molecule has 0 heterocycles. The lowest BCUT2D eigenvalue weighted by molar-refractivity contribution is -0.141. The lowest BCUT2D eigenvalue weighted by atomic mass is 9.85. The van der Waals surface area contributed by atoms with Crippen LogP contribution < -0.4 is 11.1 Å². The Kier molecular flexibility index (Phi) is 4.74. The fourth-order valence-corrected chi connectivity index (χ4v) is 0.868. The Hall–Kier alpha value is -1.10. The average molecular weight is 216 g/mol. The predicted octanol–water partition coefficient (Wildman–Crippen LogP) is 0.339. The molecule has 1 amide bonds. The van der Waals surface area contributed by atoms with Crippen LogP contribution in [0.1, 0.15) is 34.1 Å². The number of nitrogens with one attached hydrogen (secondary N) is 1. The summed E-state index contributed by atoms with van der Waals surface area (Å²) in [7, 11) is 0. The Morgan fingerprint density at radius 3 is 2.20 bits per heavy atom. The van der Waals surface area contributed by atoms with Crippen molar-refractivity contribution in [3.63, 3.8) is 0 Å². The first-order valence-electron chi connectivity index (χ1n) is 4.92. The maximum absolute atomic E-state index is 11.4. The van der Waals surface area contributed by atoms with Crippen LogP contribution >= 0.6 is 0 Å². The van der Waals surface area contributed by atoms with Crippen molar-refractivity contribution in [2.75, 3.05) is 0 Å². The van der Waals surface area contributed by atoms with Gasteiger partial charge in [-0.2, -0.15) is 0 Å². The normalized spacial score (nSPS) is 15.5. The van der Waals surface area contributed by atoms with Gasteiger partial charge in [0.05, 0.1) is 0 Å². The third-order valence-corrected chi connectivity index (χ3v) is 2.27. The number of hydrogen-bond donors (Lipinski definition) is 3. The van der Waals surface area contributed by atoms with Gasteiger partial charge in [-0.25, -0.2) is 0 Å². The maximum atomic E-state index is 11.4. The first-order valence-corrected chi connectivity index (χ1v) is 4.92. The highest BCUT2D eigenvalue weighted by Gasteiger charge is 2.24. The zero-order valence-electron chi connectivity index (χ0n) is 9.70. The van der Waals surface area contributed by atoms with E-state index < -0.39 is 12.0 Å². The number of carbonyl (C=O) groups excluding carboxylic acids is 1. The molecule has 0 aromatic carbocycles. The minimum atomic E-state index is -1.05. The summed E-state index contributed by atoms with van der Waals surface area (Å²) in [5.74, 6) is -1.37. The van der Waals surface area contributed by atoms with Gasteiger partial charge >= 0.3 is 5.97 Å². The van der Waals surface area contributed by atoms with Gasteiger partial charge in [0.15, 0.2) is 0 Å². The highest BCUT2D eigenvalue weighted by atomic mass is 16.4. The van der Waals surface area contributed by atoms with Crippen LogP contribution in [0.3, 0.4) is 0 Å². The molecule has 0 saturated carbocycles. The molecule has 0 spiro atoms. The molecule has 0 aliphatic heterocycles. The molecule has 0 aliphatic rings. The molecule has 0 aromatic heterocycles. The van der Waals surface area contributed by atoms with Crippen LogP contribution in [0.4, 0.5) is 0 Å². The third-order valence-electron chi connectivity index (χ3n) is 2.27. The predicted molar refractivity (Wildman–Crippen MR) is 57.3 cm³/mol. The summed E-state index contributed by atoms with van der Waals surface area (Å²) in [6.45, 7) is 7.23. The van der Waals surface area contributed by atoms with Crippen LogP contribution in [-0.2, 0) is 9.59 Å². The zero-order chi connectivity index (χ0) is 12.2. The smallest absolute Gasteiger partial charge is 0.325 e. The van der Waals surface area contributed by atoms with Crippen LogP contribution in [0.5, 0.6) is 0 Å². The van der Waals surface area contributed by atoms with Gasteiger partial charge in [0.25, 0.3) is 0 Å². The maximum Gasteiger partial charge on any atom is 0.325 e. The second-order valence-corrected chi connectivity index (χ2v) is 4.80. The molecule has 0 radical (unpaired) electrons. The second-order valence-electron chi connectivity index (χ2n) is 4.80. The quantitative estimate of drug-likeness (QED) is 0.631. The number of rotatable bonds is 4. The third kappa shape index (κ3) is 5.37. The largest absolute Gasteiger partial charge is 0.480 e. The fraction of sp³-hybridized carbons (Fsp3) is 0.800. The highest BCUT2D eigenvalue weighted by Crippen LogP contribution is 2.19. The minimum Gasteiger partial charge on any atom is -0.480 e. The second kappa shape index (κ2) is 5.11. The summed E-state index contributed by atoms with van der Waals surface area (Å²) in [6.07, 6.45) is 0.140. The Balaban J connectivity index is 4.11. The van der Waals surface area contributed by atoms with E-state index in [0.717, 1.165) is 0 Å². The van der Waals surface area contributed by atoms with Gasteiger partial charge in [0.1, 0.15) is 6.04 Å². The Morgan fingerprint density at radius 1 is 1.40 bits per heavy atom. The van der Waals surface area contributed by atoms with Crippen molar-refractivity contribution in [1.29, 1.82) is 0 Å². The highest BCUT2D eigenvalue weighted by molar-refractivity contribution is 5.83. The monoisotopic (exact) mass is 216 g/mol. The van der Waals surface area contributed by atoms with Gasteiger partial charge in [-0.1, -0.05) is 20.8 Å². The van der Waals surface area contributed by atoms with E-state index in [1.54, 1.807) is 0 Å². The van der Waals surface area contributed by atoms with Crippen molar-refractivity contribution in [3.05, 3.63) is 0 Å². The summed E-state index contributed by atoms with van der Waals surface area (Å²) in [6, 6.07) is -1.15. The minimum absolute atomic E-state index is 0.140. The van der Waals surface area contributed by atoms with E-state index >= 15 is 0 Å². The number of carbonyl (C=O) groups is 2. The molecule has 0 fully saturated rings. The molecule has 0 aliphatic carbocycles. The number of aliphatic carboxylic acids is 1. The molecular weight excluding hydrogens is 196 g/mol. The van der Waals surface area contributed by atoms with E-state index in [4.69, 9.17) is 10.8 Å². The van der Waals surface area contributed by atoms with E-state index in [2.05, 4.69) is 5.32 Å². The van der Waals surface area contributed by atoms with Gasteiger partial charge in [-0.05, 0) is 12.3 Å². The van der Waals surface area contributed by atoms with E-state index in [-0.39, 0.29) is 23.8 Å². The fourth-order valence-electron chi connectivity index (χ4n) is 0.868. The molecule has 0 saturated heterocycles. The SMILES string of the molecule is C[C@H](NC(=O)CC(N)C(C)(C)C)C(=O)O. The Bertz CT molecular complexity index is 246. The summed E-state index contributed by atoms with van der Waals surface area (Å²) in [5, 5.41) is 10.9. The van der Waals surface area contributed by atoms with Crippen molar-refractivity contribution >= 4 is 11.9 Å². The first kappa shape index (κ1) is 13.9. The van der Waals surface area contributed by atoms with Crippen molar-refractivity contribution in [1.82, 2.24) is 5.32 Å². The molecular formula is C10H20N2O3. The van der Waals surface area contributed by atoms with Crippen molar-refractivity contribution in [2.45, 2.75) is 46.2 Å². The Labute approximate surface area is 90.0 Å². The summed E-state index contributed by atoms with van der Waals surface area (Å²) >= 11 is 0. The van der Waals surface area contributed by atoms with Gasteiger partial charge in [-0.15, -0.1) is 0 Å². The van der Waals surface area contributed by atoms with Crippen molar-refractivity contribution in [3.8, 4) is 0 Å². The molecule has 5 heteroatoms. The van der Waals surface area contributed by atoms with E-state index in [1.807, 2.05) is 20.8 Å². The molecule has 4 N–H and O–H groups in total. The van der Waals surface area contributed by atoms with Crippen LogP contribution in [0.15, 0.2) is 0 Å². The van der Waals surface area contributed by atoms with Gasteiger partial charge < -0.3 is 16.2 Å². The molecule has 0 rings (SSSR count). The summed E-state index contributed by atoms with van der Waals surface area (Å²) < 4.78 is 0. The van der Waals surface area contributed by atoms with Crippen LogP contribution in [0, 0.1) is 5.41 Å². The summed E-state index contributed by atoms with van der Waals surface area (Å²) in [5.41, 5.74) is 5.63. The molecule has 0 aromatic rings. The molecule has 1 unspecified atom stereocenters. The van der Waals surface area contributed by atoms with E-state index in [1.165, 1.54) is 6.92 Å². The van der Waals surface area contributed by atoms with E-state index in [0.29, 0.717) is 0 Å². The first-order chi connectivity index (χ1) is 6.64. The topological polar surface area (TPSA) is 92.4 Å². The molecule has 15 heavy (non-hydrogen) atoms. The number of carboxylic acids is 1. The average Bonchev–Trinajstić information content (AvgIpc) is 2.01. The molecule has 2 atom stereocenters. The lowest BCUT2D eigenvalue weighted by Crippen LogP contribution is -2.44. The standard InChI is InChI=1S/C10H20N2O3/c1-6(9(14)15)12-8(13)5-7(11)10(2,3)4/h6-7H,5,11H2,1-4H3,(H,12,13)(H,14,15)/t6-,7?/m0/s1. The zero-order valence-corrected chi connectivity index (χ0v) is 9.70. The Morgan fingerprint density at radius 2 is 1.87 bits per heavy atom. The van der Waals surface area contributed by atoms with Gasteiger partial charge in [-0.3, -0.25) is 9.59 Å². The van der Waals surface area contributed by atoms with Crippen molar-refractivity contribution in [2.24, 2.45) is 11.1 Å². The van der Waals surface area contributed by atoms with Crippen LogP contribution in [-0.4, -0.2) is 29.1 Å². The lowest BCUT2D eigenvalue weighted by Gasteiger charge is -2.26. The van der Waals surface area contributed by atoms with Gasteiger partial charge in [0, 0.05) is 12.5 Å². The molecule has 88 valence electrons. The van der Waals surface area contributed by atoms with E-state index in [9.17, 15) is 9.59 Å². The number of amides is 1. The number of hydrogen-bond acceptors (Lipinski definition) is 3. The van der Waals surface area contributed by atoms with Gasteiger partial charge in [0.2, 0.25) is 5.91 Å². The van der Waals surface area contributed by atoms with Crippen LogP contribution in [0.25, 0.3) is 0 Å². The molecule has 0 bridgehead atoms. The van der Waals surface area contributed by atoms with Crippen molar-refractivity contribution < 1.29 is 14.7 Å². The molecule has 5 nitrogen and oxygen atoms in total. The number of nitrogens with two attached hydrogens (primary N) is 1. The summed E-state index contributed by atoms with van der Waals surface area (Å²) in [4.78, 5) is 21.8. The number of carboxylic acid groups (broad SMARTS) is 1.